The number of rotatable bonds is 7. The summed E-state index contributed by atoms with van der Waals surface area (Å²) in [5, 5.41) is 2.66. The topological polar surface area (TPSA) is 84.9 Å². The van der Waals surface area contributed by atoms with E-state index in [0.717, 1.165) is 16.6 Å². The second kappa shape index (κ2) is 9.36. The summed E-state index contributed by atoms with van der Waals surface area (Å²) in [4.78, 5) is 37.3. The maximum Gasteiger partial charge on any atom is 0.344 e. The Balaban J connectivity index is 1.45. The van der Waals surface area contributed by atoms with Crippen molar-refractivity contribution in [1.29, 1.82) is 0 Å². The molecule has 0 aromatic heterocycles. The van der Waals surface area contributed by atoms with Crippen LogP contribution in [0.3, 0.4) is 0 Å². The van der Waals surface area contributed by atoms with Gasteiger partial charge in [0.1, 0.15) is 5.75 Å². The molecule has 28 heavy (non-hydrogen) atoms. The lowest BCUT2D eigenvalue weighted by Gasteiger charge is -2.16. The van der Waals surface area contributed by atoms with Crippen LogP contribution in [0.5, 0.6) is 5.75 Å². The molecule has 0 spiro atoms. The van der Waals surface area contributed by atoms with Gasteiger partial charge in [0.05, 0.1) is 0 Å². The average Bonchev–Trinajstić information content (AvgIpc) is 3.11. The molecule has 7 nitrogen and oxygen atoms in total. The first-order valence-corrected chi connectivity index (χ1v) is 9.55. The van der Waals surface area contributed by atoms with Crippen LogP contribution >= 0.6 is 15.9 Å². The highest BCUT2D eigenvalue weighted by molar-refractivity contribution is 9.10. The quantitative estimate of drug-likeness (QED) is 0.660. The van der Waals surface area contributed by atoms with Crippen LogP contribution in [0.15, 0.2) is 53.0 Å². The SMILES string of the molecule is O=C(COC(=O)COc1cccc(Br)c1)Nc1cccc(N2CCCC2=O)c1. The Hall–Kier alpha value is -2.87. The van der Waals surface area contributed by atoms with Gasteiger partial charge in [-0.3, -0.25) is 9.59 Å². The zero-order valence-corrected chi connectivity index (χ0v) is 16.6. The zero-order chi connectivity index (χ0) is 19.9. The number of carbonyl (C=O) groups excluding carboxylic acids is 3. The maximum absolute atomic E-state index is 12.0. The van der Waals surface area contributed by atoms with E-state index in [-0.39, 0.29) is 12.5 Å². The zero-order valence-electron chi connectivity index (χ0n) is 15.0. The van der Waals surface area contributed by atoms with Gasteiger partial charge < -0.3 is 19.7 Å². The molecule has 0 aliphatic carbocycles. The molecule has 0 atom stereocenters. The highest BCUT2D eigenvalue weighted by atomic mass is 79.9. The summed E-state index contributed by atoms with van der Waals surface area (Å²) in [6.07, 6.45) is 1.36. The molecule has 8 heteroatoms. The number of anilines is 2. The molecule has 0 saturated carbocycles. The predicted octanol–water partition coefficient (Wildman–Crippen LogP) is 3.14. The molecule has 1 fully saturated rings. The van der Waals surface area contributed by atoms with E-state index in [0.29, 0.717) is 24.4 Å². The summed E-state index contributed by atoms with van der Waals surface area (Å²) < 4.78 is 11.1. The molecule has 2 amide bonds. The first-order valence-electron chi connectivity index (χ1n) is 8.75. The number of ether oxygens (including phenoxy) is 2. The van der Waals surface area contributed by atoms with E-state index in [4.69, 9.17) is 9.47 Å². The number of nitrogens with zero attached hydrogens (tertiary/aromatic N) is 1. The molecule has 2 aromatic carbocycles. The van der Waals surface area contributed by atoms with Crippen LogP contribution in [-0.4, -0.2) is 37.5 Å². The molecule has 1 saturated heterocycles. The summed E-state index contributed by atoms with van der Waals surface area (Å²) in [6.45, 7) is -0.0460. The summed E-state index contributed by atoms with van der Waals surface area (Å²) in [5.74, 6) is -0.529. The average molecular weight is 447 g/mol. The molecule has 3 rings (SSSR count). The highest BCUT2D eigenvalue weighted by Gasteiger charge is 2.21. The third kappa shape index (κ3) is 5.56. The summed E-state index contributed by atoms with van der Waals surface area (Å²) in [6, 6.07) is 14.1. The normalized spacial score (nSPS) is 13.3. The van der Waals surface area contributed by atoms with Crippen molar-refractivity contribution in [2.24, 2.45) is 0 Å². The largest absolute Gasteiger partial charge is 0.482 e. The van der Waals surface area contributed by atoms with E-state index in [9.17, 15) is 14.4 Å². The Morgan fingerprint density at radius 2 is 1.93 bits per heavy atom. The molecule has 1 heterocycles. The van der Waals surface area contributed by atoms with Crippen LogP contribution in [0, 0.1) is 0 Å². The van der Waals surface area contributed by atoms with E-state index in [1.165, 1.54) is 0 Å². The third-order valence-corrected chi connectivity index (χ3v) is 4.53. The first kappa shape index (κ1) is 19.9. The van der Waals surface area contributed by atoms with Gasteiger partial charge in [-0.15, -0.1) is 0 Å². The van der Waals surface area contributed by atoms with Gasteiger partial charge in [0.25, 0.3) is 5.91 Å². The highest BCUT2D eigenvalue weighted by Crippen LogP contribution is 2.24. The van der Waals surface area contributed by atoms with Crippen molar-refractivity contribution in [3.63, 3.8) is 0 Å². The Kier molecular flexibility index (Phi) is 6.65. The Labute approximate surface area is 170 Å². The van der Waals surface area contributed by atoms with Crippen molar-refractivity contribution in [2.45, 2.75) is 12.8 Å². The van der Waals surface area contributed by atoms with Crippen LogP contribution in [0.25, 0.3) is 0 Å². The van der Waals surface area contributed by atoms with Crippen molar-refractivity contribution in [1.82, 2.24) is 0 Å². The van der Waals surface area contributed by atoms with E-state index >= 15 is 0 Å². The number of nitrogens with one attached hydrogen (secondary N) is 1. The summed E-state index contributed by atoms with van der Waals surface area (Å²) in [5.41, 5.74) is 1.27. The van der Waals surface area contributed by atoms with Crippen molar-refractivity contribution < 1.29 is 23.9 Å². The van der Waals surface area contributed by atoms with Crippen molar-refractivity contribution in [3.05, 3.63) is 53.0 Å². The van der Waals surface area contributed by atoms with Crippen molar-refractivity contribution in [3.8, 4) is 5.75 Å². The molecule has 1 aliphatic rings. The maximum atomic E-state index is 12.0. The van der Waals surface area contributed by atoms with Crippen LogP contribution in [0.2, 0.25) is 0 Å². The molecule has 2 aromatic rings. The second-order valence-electron chi connectivity index (χ2n) is 6.15. The van der Waals surface area contributed by atoms with E-state index in [1.54, 1.807) is 41.3 Å². The van der Waals surface area contributed by atoms with Crippen LogP contribution in [0.4, 0.5) is 11.4 Å². The number of carbonyl (C=O) groups is 3. The Bertz CT molecular complexity index is 886. The lowest BCUT2D eigenvalue weighted by atomic mass is 10.2. The lowest BCUT2D eigenvalue weighted by molar-refractivity contribution is -0.149. The standard InChI is InChI=1S/C20H19BrN2O5/c21-14-4-1-7-17(10-14)27-13-20(26)28-12-18(24)22-15-5-2-6-16(11-15)23-9-3-8-19(23)25/h1-2,4-7,10-11H,3,8-9,12-13H2,(H,22,24). The third-order valence-electron chi connectivity index (χ3n) is 4.03. The van der Waals surface area contributed by atoms with E-state index < -0.39 is 18.5 Å². The molecule has 1 aliphatic heterocycles. The van der Waals surface area contributed by atoms with Crippen LogP contribution in [-0.2, 0) is 19.1 Å². The van der Waals surface area contributed by atoms with Crippen molar-refractivity contribution >= 4 is 45.1 Å². The Morgan fingerprint density at radius 1 is 1.11 bits per heavy atom. The predicted molar refractivity (Wildman–Crippen MR) is 107 cm³/mol. The number of amides is 2. The second-order valence-corrected chi connectivity index (χ2v) is 7.07. The molecule has 1 N–H and O–H groups in total. The minimum Gasteiger partial charge on any atom is -0.482 e. The van der Waals surface area contributed by atoms with Gasteiger partial charge in [-0.2, -0.15) is 0 Å². The van der Waals surface area contributed by atoms with E-state index in [2.05, 4.69) is 21.2 Å². The minimum absolute atomic E-state index is 0.0721. The van der Waals surface area contributed by atoms with Crippen molar-refractivity contribution in [2.75, 3.05) is 30.0 Å². The fourth-order valence-electron chi connectivity index (χ4n) is 2.76. The fourth-order valence-corrected chi connectivity index (χ4v) is 3.13. The van der Waals surface area contributed by atoms with Gasteiger partial charge in [-0.05, 0) is 42.8 Å². The smallest absolute Gasteiger partial charge is 0.344 e. The minimum atomic E-state index is -0.647. The van der Waals surface area contributed by atoms with Gasteiger partial charge in [0.15, 0.2) is 13.2 Å². The number of hydrogen-bond donors (Lipinski definition) is 1. The monoisotopic (exact) mass is 446 g/mol. The van der Waals surface area contributed by atoms with Gasteiger partial charge in [-0.25, -0.2) is 4.79 Å². The number of hydrogen-bond acceptors (Lipinski definition) is 5. The van der Waals surface area contributed by atoms with E-state index in [1.807, 2.05) is 12.1 Å². The van der Waals surface area contributed by atoms with Gasteiger partial charge in [0, 0.05) is 28.8 Å². The summed E-state index contributed by atoms with van der Waals surface area (Å²) in [7, 11) is 0. The van der Waals surface area contributed by atoms with Crippen LogP contribution < -0.4 is 15.0 Å². The molecule has 0 unspecified atom stereocenters. The molecule has 0 bridgehead atoms. The molecule has 0 radical (unpaired) electrons. The Morgan fingerprint density at radius 3 is 2.68 bits per heavy atom. The molecular formula is C20H19BrN2O5. The molecule has 146 valence electrons. The fraction of sp³-hybridized carbons (Fsp3) is 0.250. The van der Waals surface area contributed by atoms with Crippen LogP contribution in [0.1, 0.15) is 12.8 Å². The number of esters is 1. The van der Waals surface area contributed by atoms with Gasteiger partial charge in [-0.1, -0.05) is 28.1 Å². The number of halogens is 1. The summed E-state index contributed by atoms with van der Waals surface area (Å²) >= 11 is 3.31. The first-order chi connectivity index (χ1) is 13.5. The van der Waals surface area contributed by atoms with Gasteiger partial charge >= 0.3 is 5.97 Å². The lowest BCUT2D eigenvalue weighted by Crippen LogP contribution is -2.25. The van der Waals surface area contributed by atoms with Gasteiger partial charge in [0.2, 0.25) is 5.91 Å². The molecular weight excluding hydrogens is 428 g/mol. The number of benzene rings is 2.